The number of para-hydroxylation sites is 2. The molecule has 3 rings (SSSR count). The molecule has 0 spiro atoms. The van der Waals surface area contributed by atoms with Crippen molar-refractivity contribution in [3.8, 4) is 0 Å². The minimum Gasteiger partial charge on any atom is -0.397 e. The molecule has 0 saturated carbocycles. The average Bonchev–Trinajstić information content (AvgIpc) is 2.62. The highest BCUT2D eigenvalue weighted by Crippen LogP contribution is 2.32. The van der Waals surface area contributed by atoms with E-state index in [1.807, 2.05) is 44.2 Å². The number of aromatic nitrogens is 3. The standard InChI is InChI=1S/C18H21N9/c1-11(2)21-16-24-17(22-12-7-4-3-5-8-12)26-18(25-16)23-14-10-6-9-13(19)15(14)27-20/h3-11,20H,19H2,1-2H3,(H3,21,22,23,24,25,26). The summed E-state index contributed by atoms with van der Waals surface area (Å²) in [5.74, 6) is 1.12. The van der Waals surface area contributed by atoms with Crippen LogP contribution in [0.1, 0.15) is 13.8 Å². The third-order valence-electron chi connectivity index (χ3n) is 3.51. The van der Waals surface area contributed by atoms with Gasteiger partial charge in [0.25, 0.3) is 0 Å². The second kappa shape index (κ2) is 8.09. The quantitative estimate of drug-likeness (QED) is 0.309. The molecule has 9 heteroatoms. The Morgan fingerprint density at radius 2 is 1.56 bits per heavy atom. The summed E-state index contributed by atoms with van der Waals surface area (Å²) in [6.45, 7) is 3.99. The molecule has 0 atom stereocenters. The highest BCUT2D eigenvalue weighted by molar-refractivity contribution is 5.80. The van der Waals surface area contributed by atoms with Gasteiger partial charge < -0.3 is 21.7 Å². The van der Waals surface area contributed by atoms with Gasteiger partial charge in [0.2, 0.25) is 17.8 Å². The van der Waals surface area contributed by atoms with Gasteiger partial charge in [0.15, 0.2) is 0 Å². The first kappa shape index (κ1) is 18.1. The number of hydrogen-bond donors (Lipinski definition) is 5. The number of benzene rings is 2. The van der Waals surface area contributed by atoms with Crippen molar-refractivity contribution in [3.05, 3.63) is 48.5 Å². The third-order valence-corrected chi connectivity index (χ3v) is 3.51. The van der Waals surface area contributed by atoms with E-state index >= 15 is 0 Å². The Balaban J connectivity index is 1.95. The molecule has 0 aliphatic heterocycles. The molecule has 9 nitrogen and oxygen atoms in total. The lowest BCUT2D eigenvalue weighted by Crippen LogP contribution is -2.15. The van der Waals surface area contributed by atoms with Crippen molar-refractivity contribution in [1.82, 2.24) is 15.0 Å². The van der Waals surface area contributed by atoms with Crippen molar-refractivity contribution < 1.29 is 0 Å². The Hall–Kier alpha value is -3.75. The van der Waals surface area contributed by atoms with Crippen LogP contribution in [-0.2, 0) is 0 Å². The van der Waals surface area contributed by atoms with Crippen molar-refractivity contribution in [1.29, 1.82) is 5.53 Å². The maximum atomic E-state index is 7.34. The van der Waals surface area contributed by atoms with Gasteiger partial charge in [0.05, 0.1) is 11.4 Å². The van der Waals surface area contributed by atoms with Crippen LogP contribution in [0.2, 0.25) is 0 Å². The van der Waals surface area contributed by atoms with Gasteiger partial charge in [-0.3, -0.25) is 0 Å². The lowest BCUT2D eigenvalue weighted by atomic mass is 10.2. The predicted octanol–water partition coefficient (Wildman–Crippen LogP) is 4.42. The average molecular weight is 363 g/mol. The van der Waals surface area contributed by atoms with Crippen LogP contribution in [0.4, 0.5) is 40.6 Å². The molecule has 0 radical (unpaired) electrons. The van der Waals surface area contributed by atoms with Gasteiger partial charge in [0.1, 0.15) is 5.69 Å². The van der Waals surface area contributed by atoms with Crippen molar-refractivity contribution in [2.45, 2.75) is 19.9 Å². The number of anilines is 6. The lowest BCUT2D eigenvalue weighted by Gasteiger charge is -2.14. The number of hydrogen-bond acceptors (Lipinski definition) is 9. The van der Waals surface area contributed by atoms with Crippen molar-refractivity contribution in [2.24, 2.45) is 5.11 Å². The summed E-state index contributed by atoms with van der Waals surface area (Å²) in [5.41, 5.74) is 15.3. The fourth-order valence-corrected chi connectivity index (χ4v) is 2.37. The van der Waals surface area contributed by atoms with Gasteiger partial charge in [-0.2, -0.15) is 20.1 Å². The maximum absolute atomic E-state index is 7.34. The smallest absolute Gasteiger partial charge is 0.233 e. The molecule has 6 N–H and O–H groups in total. The minimum atomic E-state index is 0.149. The highest BCUT2D eigenvalue weighted by Gasteiger charge is 2.11. The van der Waals surface area contributed by atoms with Crippen molar-refractivity contribution in [2.75, 3.05) is 21.7 Å². The summed E-state index contributed by atoms with van der Waals surface area (Å²) in [6, 6.07) is 15.0. The van der Waals surface area contributed by atoms with Crippen LogP contribution in [0.25, 0.3) is 0 Å². The summed E-state index contributed by atoms with van der Waals surface area (Å²) in [5, 5.41) is 12.9. The number of nitrogens with one attached hydrogen (secondary N) is 4. The summed E-state index contributed by atoms with van der Waals surface area (Å²) >= 11 is 0. The number of rotatable bonds is 7. The molecule has 3 aromatic rings. The van der Waals surface area contributed by atoms with E-state index in [-0.39, 0.29) is 6.04 Å². The number of nitrogen functional groups attached to an aromatic ring is 1. The largest absolute Gasteiger partial charge is 0.397 e. The fraction of sp³-hybridized carbons (Fsp3) is 0.167. The normalized spacial score (nSPS) is 10.5. The highest BCUT2D eigenvalue weighted by atomic mass is 15.3. The van der Waals surface area contributed by atoms with Gasteiger partial charge in [-0.15, -0.1) is 0 Å². The molecular weight excluding hydrogens is 342 g/mol. The Morgan fingerprint density at radius 1 is 0.889 bits per heavy atom. The third kappa shape index (κ3) is 4.66. The molecule has 0 unspecified atom stereocenters. The van der Waals surface area contributed by atoms with Crippen molar-refractivity contribution in [3.63, 3.8) is 0 Å². The summed E-state index contributed by atoms with van der Waals surface area (Å²) in [6.07, 6.45) is 0. The molecule has 138 valence electrons. The summed E-state index contributed by atoms with van der Waals surface area (Å²) in [4.78, 5) is 13.2. The van der Waals surface area contributed by atoms with Crippen LogP contribution < -0.4 is 21.7 Å². The van der Waals surface area contributed by atoms with E-state index in [0.29, 0.717) is 34.9 Å². The van der Waals surface area contributed by atoms with E-state index in [0.717, 1.165) is 5.69 Å². The molecule has 27 heavy (non-hydrogen) atoms. The van der Waals surface area contributed by atoms with Crippen LogP contribution in [0.5, 0.6) is 0 Å². The minimum absolute atomic E-state index is 0.149. The number of nitrogens with zero attached hydrogens (tertiary/aromatic N) is 4. The monoisotopic (exact) mass is 363 g/mol. The zero-order valence-corrected chi connectivity index (χ0v) is 15.1. The van der Waals surface area contributed by atoms with Gasteiger partial charge in [-0.05, 0) is 38.1 Å². The van der Waals surface area contributed by atoms with Crippen LogP contribution >= 0.6 is 0 Å². The zero-order valence-electron chi connectivity index (χ0n) is 15.1. The summed E-state index contributed by atoms with van der Waals surface area (Å²) < 4.78 is 0. The predicted molar refractivity (Wildman–Crippen MR) is 107 cm³/mol. The van der Waals surface area contributed by atoms with Gasteiger partial charge >= 0.3 is 0 Å². The molecular formula is C18H21N9. The van der Waals surface area contributed by atoms with Crippen molar-refractivity contribution >= 4 is 40.6 Å². The molecule has 0 fully saturated rings. The van der Waals surface area contributed by atoms with E-state index in [2.05, 4.69) is 36.0 Å². The second-order valence-electron chi connectivity index (χ2n) is 6.08. The topological polar surface area (TPSA) is 137 Å². The van der Waals surface area contributed by atoms with Gasteiger partial charge in [-0.25, -0.2) is 5.53 Å². The SMILES string of the molecule is CC(C)Nc1nc(Nc2ccccc2)nc(Nc2cccc(N)c2N=N)n1. The first-order valence-electron chi connectivity index (χ1n) is 8.43. The van der Waals surface area contributed by atoms with E-state index in [1.165, 1.54) is 0 Å². The van der Waals surface area contributed by atoms with Gasteiger partial charge in [0, 0.05) is 11.7 Å². The molecule has 0 aliphatic rings. The van der Waals surface area contributed by atoms with Crippen LogP contribution in [0.15, 0.2) is 53.6 Å². The molecule has 2 aromatic carbocycles. The first-order valence-corrected chi connectivity index (χ1v) is 8.43. The second-order valence-corrected chi connectivity index (χ2v) is 6.08. The first-order chi connectivity index (χ1) is 13.0. The van der Waals surface area contributed by atoms with Crippen LogP contribution in [0, 0.1) is 5.53 Å². The van der Waals surface area contributed by atoms with E-state index in [9.17, 15) is 0 Å². The lowest BCUT2D eigenvalue weighted by molar-refractivity contribution is 0.869. The molecule has 1 heterocycles. The Labute approximate surface area is 157 Å². The molecule has 0 bridgehead atoms. The Morgan fingerprint density at radius 3 is 2.22 bits per heavy atom. The Bertz CT molecular complexity index is 925. The summed E-state index contributed by atoms with van der Waals surface area (Å²) in [7, 11) is 0. The van der Waals surface area contributed by atoms with Crippen LogP contribution in [-0.4, -0.2) is 21.0 Å². The van der Waals surface area contributed by atoms with Crippen LogP contribution in [0.3, 0.4) is 0 Å². The molecule has 0 saturated heterocycles. The van der Waals surface area contributed by atoms with E-state index < -0.39 is 0 Å². The van der Waals surface area contributed by atoms with E-state index in [4.69, 9.17) is 11.3 Å². The van der Waals surface area contributed by atoms with Gasteiger partial charge in [-0.1, -0.05) is 24.3 Å². The molecule has 0 amide bonds. The number of nitrogens with two attached hydrogens (primary N) is 1. The molecule has 0 aliphatic carbocycles. The maximum Gasteiger partial charge on any atom is 0.233 e. The fourth-order valence-electron chi connectivity index (χ4n) is 2.37. The van der Waals surface area contributed by atoms with E-state index in [1.54, 1.807) is 18.2 Å². The zero-order chi connectivity index (χ0) is 19.2. The Kier molecular flexibility index (Phi) is 5.41. The molecule has 1 aromatic heterocycles.